The fraction of sp³-hybridized carbons (Fsp3) is 0.500. The smallest absolute Gasteiger partial charge is 0.0910 e. The monoisotopic (exact) mass is 158 g/mol. The number of hydrogen-bond donors (Lipinski definition) is 2. The normalized spacial score (nSPS) is 13.4. The summed E-state index contributed by atoms with van der Waals surface area (Å²) in [5.41, 5.74) is 6.96. The van der Waals surface area contributed by atoms with E-state index in [-0.39, 0.29) is 0 Å². The van der Waals surface area contributed by atoms with Crippen LogP contribution < -0.4 is 5.73 Å². The molecule has 1 rings (SSSR count). The second kappa shape index (κ2) is 3.65. The number of hydrogen-bond acceptors (Lipinski definition) is 4. The average molecular weight is 158 g/mol. The van der Waals surface area contributed by atoms with Crippen LogP contribution in [0.2, 0.25) is 0 Å². The quantitative estimate of drug-likeness (QED) is 0.674. The molecule has 10 heavy (non-hydrogen) atoms. The van der Waals surface area contributed by atoms with Crippen molar-refractivity contribution in [1.82, 2.24) is 4.98 Å². The molecule has 0 aliphatic heterocycles. The van der Waals surface area contributed by atoms with E-state index >= 15 is 0 Å². The van der Waals surface area contributed by atoms with Crippen LogP contribution in [0.15, 0.2) is 11.7 Å². The molecule has 0 aliphatic rings. The summed E-state index contributed by atoms with van der Waals surface area (Å²) in [4.78, 5) is 4.74. The number of nitrogens with zero attached hydrogens (tertiary/aromatic N) is 1. The fourth-order valence-corrected chi connectivity index (χ4v) is 1.33. The Labute approximate surface area is 63.5 Å². The van der Waals surface area contributed by atoms with Crippen LogP contribution in [0.25, 0.3) is 0 Å². The van der Waals surface area contributed by atoms with Crippen molar-refractivity contribution in [3.63, 3.8) is 0 Å². The lowest BCUT2D eigenvalue weighted by atomic mass is 10.2. The van der Waals surface area contributed by atoms with Crippen molar-refractivity contribution in [2.45, 2.75) is 12.5 Å². The van der Waals surface area contributed by atoms with Gasteiger partial charge < -0.3 is 10.8 Å². The van der Waals surface area contributed by atoms with Crippen molar-refractivity contribution < 1.29 is 5.11 Å². The predicted octanol–water partition coefficient (Wildman–Crippen LogP) is 0.525. The molecule has 0 unspecified atom stereocenters. The molecule has 3 nitrogen and oxygen atoms in total. The average Bonchev–Trinajstić information content (AvgIpc) is 2.38. The summed E-state index contributed by atoms with van der Waals surface area (Å²) in [5, 5.41) is 9.30. The van der Waals surface area contributed by atoms with Gasteiger partial charge in [0.15, 0.2) is 0 Å². The third kappa shape index (κ3) is 1.76. The summed E-state index contributed by atoms with van der Waals surface area (Å²) in [6, 6.07) is 0. The summed E-state index contributed by atoms with van der Waals surface area (Å²) in [6.45, 7) is 0.513. The van der Waals surface area contributed by atoms with E-state index in [1.165, 1.54) is 11.3 Å². The number of rotatable bonds is 3. The van der Waals surface area contributed by atoms with E-state index in [1.807, 2.05) is 0 Å². The molecule has 56 valence electrons. The molecule has 0 saturated heterocycles. The summed E-state index contributed by atoms with van der Waals surface area (Å²) in [6.07, 6.45) is 1.87. The maximum absolute atomic E-state index is 9.30. The molecule has 0 aromatic carbocycles. The minimum atomic E-state index is -0.419. The number of nitrogens with two attached hydrogens (primary N) is 1. The molecule has 1 atom stereocenters. The second-order valence-corrected chi connectivity index (χ2v) is 2.91. The van der Waals surface area contributed by atoms with Gasteiger partial charge in [-0.05, 0) is 13.0 Å². The largest absolute Gasteiger partial charge is 0.387 e. The van der Waals surface area contributed by atoms with Crippen LogP contribution in [0, 0.1) is 0 Å². The van der Waals surface area contributed by atoms with E-state index < -0.39 is 6.10 Å². The first-order chi connectivity index (χ1) is 4.84. The lowest BCUT2D eigenvalue weighted by Crippen LogP contribution is -2.05. The minimum absolute atomic E-state index is 0.419. The van der Waals surface area contributed by atoms with Crippen LogP contribution in [0.1, 0.15) is 17.4 Å². The fourth-order valence-electron chi connectivity index (χ4n) is 0.690. The highest BCUT2D eigenvalue weighted by Gasteiger charge is 2.06. The van der Waals surface area contributed by atoms with E-state index in [9.17, 15) is 5.11 Å². The first-order valence-electron chi connectivity index (χ1n) is 3.11. The van der Waals surface area contributed by atoms with Crippen molar-refractivity contribution in [3.05, 3.63) is 16.6 Å². The molecule has 4 heteroatoms. The van der Waals surface area contributed by atoms with Gasteiger partial charge >= 0.3 is 0 Å². The van der Waals surface area contributed by atoms with Gasteiger partial charge in [0.1, 0.15) is 0 Å². The Morgan fingerprint density at radius 3 is 3.10 bits per heavy atom. The topological polar surface area (TPSA) is 59.1 Å². The first kappa shape index (κ1) is 7.65. The lowest BCUT2D eigenvalue weighted by molar-refractivity contribution is 0.174. The van der Waals surface area contributed by atoms with Gasteiger partial charge in [-0.2, -0.15) is 0 Å². The van der Waals surface area contributed by atoms with Crippen molar-refractivity contribution >= 4 is 11.3 Å². The highest BCUT2D eigenvalue weighted by atomic mass is 32.1. The van der Waals surface area contributed by atoms with Crippen molar-refractivity contribution in [1.29, 1.82) is 0 Å². The molecule has 0 fully saturated rings. The number of aliphatic hydroxyl groups excluding tert-OH is 1. The Hall–Kier alpha value is -0.450. The molecule has 0 spiro atoms. The van der Waals surface area contributed by atoms with Crippen molar-refractivity contribution in [2.24, 2.45) is 5.73 Å². The van der Waals surface area contributed by atoms with Crippen LogP contribution in [0.4, 0.5) is 0 Å². The second-order valence-electron chi connectivity index (χ2n) is 2.00. The molecule has 1 heterocycles. The zero-order chi connectivity index (χ0) is 7.40. The Morgan fingerprint density at radius 2 is 2.60 bits per heavy atom. The molecular weight excluding hydrogens is 148 g/mol. The summed E-state index contributed by atoms with van der Waals surface area (Å²) in [5.74, 6) is 0. The number of aromatic nitrogens is 1. The molecule has 3 N–H and O–H groups in total. The van der Waals surface area contributed by atoms with Gasteiger partial charge in [0, 0.05) is 6.20 Å². The molecule has 0 saturated carbocycles. The van der Waals surface area contributed by atoms with Gasteiger partial charge in [-0.1, -0.05) is 0 Å². The molecule has 0 bridgehead atoms. The SMILES string of the molecule is NCC[C@H](O)c1cncs1. The van der Waals surface area contributed by atoms with Crippen molar-refractivity contribution in [2.75, 3.05) is 6.54 Å². The predicted molar refractivity (Wildman–Crippen MR) is 40.7 cm³/mol. The first-order valence-corrected chi connectivity index (χ1v) is 3.99. The zero-order valence-electron chi connectivity index (χ0n) is 5.53. The molecule has 1 aromatic heterocycles. The highest BCUT2D eigenvalue weighted by molar-refractivity contribution is 7.09. The van der Waals surface area contributed by atoms with Gasteiger partial charge in [0.2, 0.25) is 0 Å². The van der Waals surface area contributed by atoms with Crippen molar-refractivity contribution in [3.8, 4) is 0 Å². The molecule has 0 radical (unpaired) electrons. The van der Waals surface area contributed by atoms with Gasteiger partial charge in [0.05, 0.1) is 16.5 Å². The van der Waals surface area contributed by atoms with Gasteiger partial charge in [-0.3, -0.25) is 4.98 Å². The van der Waals surface area contributed by atoms with E-state index in [0.717, 1.165) is 4.88 Å². The van der Waals surface area contributed by atoms with E-state index in [4.69, 9.17) is 5.73 Å². The van der Waals surface area contributed by atoms with Crippen LogP contribution in [0.5, 0.6) is 0 Å². The van der Waals surface area contributed by atoms with Crippen LogP contribution in [-0.4, -0.2) is 16.6 Å². The van der Waals surface area contributed by atoms with Crippen LogP contribution in [-0.2, 0) is 0 Å². The Kier molecular flexibility index (Phi) is 2.80. The van der Waals surface area contributed by atoms with Gasteiger partial charge in [-0.15, -0.1) is 11.3 Å². The van der Waals surface area contributed by atoms with E-state index in [2.05, 4.69) is 4.98 Å². The minimum Gasteiger partial charge on any atom is -0.387 e. The standard InChI is InChI=1S/C6H10N2OS/c7-2-1-5(9)6-3-8-4-10-6/h3-5,9H,1-2,7H2/t5-/m0/s1. The molecule has 0 aliphatic carbocycles. The summed E-state index contributed by atoms with van der Waals surface area (Å²) < 4.78 is 0. The maximum Gasteiger partial charge on any atom is 0.0910 e. The highest BCUT2D eigenvalue weighted by Crippen LogP contribution is 2.18. The number of aliphatic hydroxyl groups is 1. The summed E-state index contributed by atoms with van der Waals surface area (Å²) >= 11 is 1.45. The number of thiazole rings is 1. The van der Waals surface area contributed by atoms with E-state index in [0.29, 0.717) is 13.0 Å². The zero-order valence-corrected chi connectivity index (χ0v) is 6.34. The third-order valence-electron chi connectivity index (χ3n) is 1.22. The lowest BCUT2D eigenvalue weighted by Gasteiger charge is -2.03. The van der Waals surface area contributed by atoms with Gasteiger partial charge in [0.25, 0.3) is 0 Å². The Balaban J connectivity index is 2.50. The maximum atomic E-state index is 9.30. The third-order valence-corrected chi connectivity index (χ3v) is 2.10. The van der Waals surface area contributed by atoms with E-state index in [1.54, 1.807) is 11.7 Å². The molecule has 0 amide bonds. The van der Waals surface area contributed by atoms with Gasteiger partial charge in [-0.25, -0.2) is 0 Å². The van der Waals surface area contributed by atoms with Crippen LogP contribution in [0.3, 0.4) is 0 Å². The Morgan fingerprint density at radius 1 is 1.80 bits per heavy atom. The van der Waals surface area contributed by atoms with Crippen LogP contribution >= 0.6 is 11.3 Å². The molecule has 1 aromatic rings. The summed E-state index contributed by atoms with van der Waals surface area (Å²) in [7, 11) is 0. The Bertz CT molecular complexity index is 176. The molecular formula is C6H10N2OS.